The molecule has 0 aliphatic carbocycles. The molecule has 4 nitrogen and oxygen atoms in total. The van der Waals surface area contributed by atoms with Crippen molar-refractivity contribution in [2.45, 2.75) is 4.90 Å². The van der Waals surface area contributed by atoms with E-state index >= 15 is 0 Å². The van der Waals surface area contributed by atoms with Crippen molar-refractivity contribution < 1.29 is 9.15 Å². The van der Waals surface area contributed by atoms with Gasteiger partial charge >= 0.3 is 0 Å². The van der Waals surface area contributed by atoms with Crippen molar-refractivity contribution in [2.24, 2.45) is 0 Å². The predicted molar refractivity (Wildman–Crippen MR) is 109 cm³/mol. The van der Waals surface area contributed by atoms with E-state index in [1.54, 1.807) is 18.9 Å². The first-order valence-corrected chi connectivity index (χ1v) is 9.72. The minimum atomic E-state index is 0.490. The second-order valence-corrected chi connectivity index (χ2v) is 6.83. The molecule has 0 saturated carbocycles. The highest BCUT2D eigenvalue weighted by Gasteiger charge is 2.11. The molecule has 0 fully saturated rings. The van der Waals surface area contributed by atoms with Gasteiger partial charge in [0.1, 0.15) is 5.75 Å². The average Bonchev–Trinajstić information content (AvgIpc) is 3.24. The minimum Gasteiger partial charge on any atom is -0.497 e. The maximum atomic E-state index is 5.84. The fourth-order valence-corrected chi connectivity index (χ4v) is 3.19. The van der Waals surface area contributed by atoms with Gasteiger partial charge in [0.05, 0.1) is 7.11 Å². The van der Waals surface area contributed by atoms with Gasteiger partial charge in [-0.05, 0) is 65.9 Å². The van der Waals surface area contributed by atoms with Crippen molar-refractivity contribution in [3.8, 4) is 39.8 Å². The maximum Gasteiger partial charge on any atom is 0.248 e. The van der Waals surface area contributed by atoms with E-state index in [4.69, 9.17) is 9.15 Å². The Kier molecular flexibility index (Phi) is 4.94. The van der Waals surface area contributed by atoms with Crippen LogP contribution in [0.25, 0.3) is 34.0 Å². The zero-order valence-electron chi connectivity index (χ0n) is 15.0. The summed E-state index contributed by atoms with van der Waals surface area (Å²) >= 11 is 1.74. The molecule has 0 radical (unpaired) electrons. The van der Waals surface area contributed by atoms with Crippen LogP contribution in [0.2, 0.25) is 0 Å². The number of rotatable bonds is 5. The van der Waals surface area contributed by atoms with Crippen LogP contribution in [-0.4, -0.2) is 23.6 Å². The van der Waals surface area contributed by atoms with Gasteiger partial charge in [-0.3, -0.25) is 0 Å². The van der Waals surface area contributed by atoms with Gasteiger partial charge in [0.15, 0.2) is 0 Å². The van der Waals surface area contributed by atoms with Crippen molar-refractivity contribution in [3.05, 3.63) is 72.8 Å². The molecule has 134 valence electrons. The normalized spacial score (nSPS) is 10.7. The lowest BCUT2D eigenvalue weighted by atomic mass is 10.0. The number of hydrogen-bond donors (Lipinski definition) is 0. The Morgan fingerprint density at radius 1 is 0.667 bits per heavy atom. The van der Waals surface area contributed by atoms with Gasteiger partial charge in [0, 0.05) is 16.0 Å². The Hall–Kier alpha value is -3.05. The van der Waals surface area contributed by atoms with Crippen LogP contribution in [0.1, 0.15) is 0 Å². The fraction of sp³-hybridized carbons (Fsp3) is 0.0909. The molecular formula is C22H18N2O2S. The molecule has 0 aliphatic rings. The Morgan fingerprint density at radius 2 is 1.11 bits per heavy atom. The number of methoxy groups -OCH3 is 1. The zero-order chi connectivity index (χ0) is 18.6. The molecule has 3 aromatic carbocycles. The highest BCUT2D eigenvalue weighted by atomic mass is 32.2. The molecule has 0 spiro atoms. The standard InChI is InChI=1S/C22H18N2O2S/c1-25-19-11-7-18(8-12-19)22-24-23-21(26-22)17-5-3-15(4-6-17)16-9-13-20(27-2)14-10-16/h3-14H,1-2H3. The first-order chi connectivity index (χ1) is 13.3. The number of nitrogens with zero attached hydrogens (tertiary/aromatic N) is 2. The van der Waals surface area contributed by atoms with Crippen molar-refractivity contribution >= 4 is 11.8 Å². The summed E-state index contributed by atoms with van der Waals surface area (Å²) in [6, 6.07) is 24.2. The van der Waals surface area contributed by atoms with E-state index in [0.29, 0.717) is 11.8 Å². The summed E-state index contributed by atoms with van der Waals surface area (Å²) in [7, 11) is 1.64. The summed E-state index contributed by atoms with van der Waals surface area (Å²) < 4.78 is 11.0. The van der Waals surface area contributed by atoms with Crippen molar-refractivity contribution in [2.75, 3.05) is 13.4 Å². The summed E-state index contributed by atoms with van der Waals surface area (Å²) in [6.45, 7) is 0. The molecule has 0 bridgehead atoms. The zero-order valence-corrected chi connectivity index (χ0v) is 15.9. The lowest BCUT2D eigenvalue weighted by molar-refractivity contribution is 0.415. The van der Waals surface area contributed by atoms with E-state index in [1.807, 2.05) is 36.4 Å². The number of thioether (sulfide) groups is 1. The summed E-state index contributed by atoms with van der Waals surface area (Å²) in [5.74, 6) is 1.79. The van der Waals surface area contributed by atoms with E-state index in [9.17, 15) is 0 Å². The molecule has 5 heteroatoms. The van der Waals surface area contributed by atoms with Crippen molar-refractivity contribution in [1.82, 2.24) is 10.2 Å². The van der Waals surface area contributed by atoms with Gasteiger partial charge in [-0.15, -0.1) is 22.0 Å². The first kappa shape index (κ1) is 17.4. The SMILES string of the molecule is COc1ccc(-c2nnc(-c3ccc(-c4ccc(SC)cc4)cc3)o2)cc1. The van der Waals surface area contributed by atoms with Gasteiger partial charge < -0.3 is 9.15 Å². The van der Waals surface area contributed by atoms with Crippen LogP contribution in [0.5, 0.6) is 5.75 Å². The topological polar surface area (TPSA) is 48.2 Å². The highest BCUT2D eigenvalue weighted by molar-refractivity contribution is 7.98. The number of benzene rings is 3. The van der Waals surface area contributed by atoms with E-state index in [0.717, 1.165) is 22.4 Å². The quantitative estimate of drug-likeness (QED) is 0.413. The Labute approximate surface area is 162 Å². The molecule has 1 aromatic heterocycles. The van der Waals surface area contributed by atoms with Crippen LogP contribution in [0, 0.1) is 0 Å². The van der Waals surface area contributed by atoms with Gasteiger partial charge in [0.2, 0.25) is 11.8 Å². The van der Waals surface area contributed by atoms with Crippen LogP contribution < -0.4 is 4.74 Å². The van der Waals surface area contributed by atoms with Crippen molar-refractivity contribution in [1.29, 1.82) is 0 Å². The molecule has 4 rings (SSSR count). The smallest absolute Gasteiger partial charge is 0.248 e. The van der Waals surface area contributed by atoms with Crippen LogP contribution in [0.4, 0.5) is 0 Å². The predicted octanol–water partition coefficient (Wildman–Crippen LogP) is 5.80. The third kappa shape index (κ3) is 3.73. The fourth-order valence-electron chi connectivity index (χ4n) is 2.78. The van der Waals surface area contributed by atoms with Crippen LogP contribution in [0.15, 0.2) is 82.1 Å². The van der Waals surface area contributed by atoms with Crippen LogP contribution in [-0.2, 0) is 0 Å². The van der Waals surface area contributed by atoms with E-state index < -0.39 is 0 Å². The van der Waals surface area contributed by atoms with Crippen LogP contribution in [0.3, 0.4) is 0 Å². The Bertz CT molecular complexity index is 1020. The molecule has 0 aliphatic heterocycles. The Balaban J connectivity index is 1.56. The van der Waals surface area contributed by atoms with Gasteiger partial charge in [-0.25, -0.2) is 0 Å². The Morgan fingerprint density at radius 3 is 1.59 bits per heavy atom. The molecule has 0 unspecified atom stereocenters. The molecule has 0 amide bonds. The summed E-state index contributed by atoms with van der Waals surface area (Å²) in [6.07, 6.45) is 2.08. The minimum absolute atomic E-state index is 0.490. The largest absolute Gasteiger partial charge is 0.497 e. The second kappa shape index (κ2) is 7.68. The second-order valence-electron chi connectivity index (χ2n) is 5.95. The third-order valence-electron chi connectivity index (χ3n) is 4.32. The number of hydrogen-bond acceptors (Lipinski definition) is 5. The molecule has 4 aromatic rings. The number of ether oxygens (including phenoxy) is 1. The van der Waals surface area contributed by atoms with Crippen molar-refractivity contribution in [3.63, 3.8) is 0 Å². The lowest BCUT2D eigenvalue weighted by Crippen LogP contribution is -1.82. The van der Waals surface area contributed by atoms with Gasteiger partial charge in [-0.1, -0.05) is 24.3 Å². The van der Waals surface area contributed by atoms with Gasteiger partial charge in [0.25, 0.3) is 0 Å². The molecule has 0 N–H and O–H groups in total. The molecular weight excluding hydrogens is 356 g/mol. The molecule has 0 saturated heterocycles. The summed E-state index contributed by atoms with van der Waals surface area (Å²) in [5, 5.41) is 8.34. The molecule has 1 heterocycles. The van der Waals surface area contributed by atoms with E-state index in [1.165, 1.54) is 10.5 Å². The first-order valence-electron chi connectivity index (χ1n) is 8.49. The monoisotopic (exact) mass is 374 g/mol. The highest BCUT2D eigenvalue weighted by Crippen LogP contribution is 2.28. The lowest BCUT2D eigenvalue weighted by Gasteiger charge is -2.04. The average molecular weight is 374 g/mol. The van der Waals surface area contributed by atoms with Crippen LogP contribution >= 0.6 is 11.8 Å². The summed E-state index contributed by atoms with van der Waals surface area (Å²) in [5.41, 5.74) is 4.09. The number of aromatic nitrogens is 2. The third-order valence-corrected chi connectivity index (χ3v) is 5.06. The van der Waals surface area contributed by atoms with E-state index in [2.05, 4.69) is 52.9 Å². The summed E-state index contributed by atoms with van der Waals surface area (Å²) in [4.78, 5) is 1.26. The molecule has 27 heavy (non-hydrogen) atoms. The van der Waals surface area contributed by atoms with Gasteiger partial charge in [-0.2, -0.15) is 0 Å². The van der Waals surface area contributed by atoms with E-state index in [-0.39, 0.29) is 0 Å². The maximum absolute atomic E-state index is 5.84. The molecule has 0 atom stereocenters.